The number of para-hydroxylation sites is 1. The van der Waals surface area contributed by atoms with Gasteiger partial charge in [-0.05, 0) is 25.0 Å². The van der Waals surface area contributed by atoms with E-state index >= 15 is 0 Å². The molecular weight excluding hydrogens is 316 g/mol. The summed E-state index contributed by atoms with van der Waals surface area (Å²) in [7, 11) is 0. The van der Waals surface area contributed by atoms with Crippen LogP contribution in [0.15, 0.2) is 36.7 Å². The summed E-state index contributed by atoms with van der Waals surface area (Å²) >= 11 is 0. The van der Waals surface area contributed by atoms with Gasteiger partial charge in [-0.2, -0.15) is 0 Å². The van der Waals surface area contributed by atoms with E-state index in [0.717, 1.165) is 68.5 Å². The lowest BCUT2D eigenvalue weighted by Crippen LogP contribution is -2.46. The molecule has 0 spiro atoms. The molecule has 4 rings (SSSR count). The van der Waals surface area contributed by atoms with Crippen molar-refractivity contribution in [3.63, 3.8) is 0 Å². The molecule has 2 aliphatic heterocycles. The van der Waals surface area contributed by atoms with Gasteiger partial charge in [-0.15, -0.1) is 0 Å². The standard InChI is InChI=1S/C19H24N4O2/c1-5-15(18-17(7-1)24-11-4-12-25-18)13-22-16-6-2-10-23(14-16)19-20-8-3-9-21-19/h1,3,5,7-9,16,22H,2,4,6,10-14H2. The van der Waals surface area contributed by atoms with Crippen molar-refractivity contribution >= 4 is 5.95 Å². The molecule has 25 heavy (non-hydrogen) atoms. The number of nitrogens with zero attached hydrogens (tertiary/aromatic N) is 3. The lowest BCUT2D eigenvalue weighted by atomic mass is 10.1. The Morgan fingerprint density at radius 1 is 1.08 bits per heavy atom. The lowest BCUT2D eigenvalue weighted by molar-refractivity contribution is 0.295. The molecule has 0 amide bonds. The average Bonchev–Trinajstić information content (AvgIpc) is 2.93. The molecule has 1 aromatic carbocycles. The van der Waals surface area contributed by atoms with Crippen molar-refractivity contribution in [2.75, 3.05) is 31.2 Å². The van der Waals surface area contributed by atoms with Crippen molar-refractivity contribution in [1.29, 1.82) is 0 Å². The minimum Gasteiger partial charge on any atom is -0.490 e. The van der Waals surface area contributed by atoms with Gasteiger partial charge in [0.1, 0.15) is 0 Å². The number of hydrogen-bond donors (Lipinski definition) is 1. The van der Waals surface area contributed by atoms with Gasteiger partial charge in [0.2, 0.25) is 5.95 Å². The summed E-state index contributed by atoms with van der Waals surface area (Å²) in [6.45, 7) is 4.15. The fraction of sp³-hybridized carbons (Fsp3) is 0.474. The van der Waals surface area contributed by atoms with E-state index < -0.39 is 0 Å². The smallest absolute Gasteiger partial charge is 0.225 e. The quantitative estimate of drug-likeness (QED) is 0.922. The summed E-state index contributed by atoms with van der Waals surface area (Å²) < 4.78 is 11.7. The Morgan fingerprint density at radius 3 is 2.88 bits per heavy atom. The summed E-state index contributed by atoms with van der Waals surface area (Å²) in [5, 5.41) is 3.68. The highest BCUT2D eigenvalue weighted by Gasteiger charge is 2.22. The van der Waals surface area contributed by atoms with Crippen LogP contribution in [0.3, 0.4) is 0 Å². The van der Waals surface area contributed by atoms with Gasteiger partial charge in [-0.25, -0.2) is 9.97 Å². The van der Waals surface area contributed by atoms with Crippen molar-refractivity contribution in [3.8, 4) is 11.5 Å². The van der Waals surface area contributed by atoms with Crippen LogP contribution in [0.5, 0.6) is 11.5 Å². The second-order valence-corrected chi connectivity index (χ2v) is 6.51. The van der Waals surface area contributed by atoms with E-state index in [4.69, 9.17) is 9.47 Å². The van der Waals surface area contributed by atoms with Crippen LogP contribution in [-0.2, 0) is 6.54 Å². The molecule has 6 nitrogen and oxygen atoms in total. The molecule has 1 aromatic heterocycles. The van der Waals surface area contributed by atoms with Gasteiger partial charge in [-0.3, -0.25) is 0 Å². The summed E-state index contributed by atoms with van der Waals surface area (Å²) in [4.78, 5) is 11.0. The molecule has 1 saturated heterocycles. The SMILES string of the molecule is c1cnc(N2CCCC(NCc3cccc4c3OCCCO4)C2)nc1. The van der Waals surface area contributed by atoms with Gasteiger partial charge in [0.15, 0.2) is 11.5 Å². The van der Waals surface area contributed by atoms with Crippen molar-refractivity contribution in [3.05, 3.63) is 42.2 Å². The predicted octanol–water partition coefficient (Wildman–Crippen LogP) is 2.40. The number of ether oxygens (including phenoxy) is 2. The average molecular weight is 340 g/mol. The minimum absolute atomic E-state index is 0.417. The van der Waals surface area contributed by atoms with Crippen LogP contribution < -0.4 is 19.7 Å². The molecule has 6 heteroatoms. The third kappa shape index (κ3) is 3.85. The maximum absolute atomic E-state index is 5.91. The second kappa shape index (κ2) is 7.70. The number of piperidine rings is 1. The highest BCUT2D eigenvalue weighted by Crippen LogP contribution is 2.33. The first-order valence-electron chi connectivity index (χ1n) is 9.03. The second-order valence-electron chi connectivity index (χ2n) is 6.51. The van der Waals surface area contributed by atoms with Gasteiger partial charge in [0.05, 0.1) is 13.2 Å². The van der Waals surface area contributed by atoms with Gasteiger partial charge < -0.3 is 19.7 Å². The number of nitrogens with one attached hydrogen (secondary N) is 1. The molecule has 1 fully saturated rings. The fourth-order valence-electron chi connectivity index (χ4n) is 3.43. The number of rotatable bonds is 4. The molecule has 1 atom stereocenters. The highest BCUT2D eigenvalue weighted by molar-refractivity contribution is 5.47. The summed E-state index contributed by atoms with van der Waals surface area (Å²) in [5.74, 6) is 2.57. The maximum atomic E-state index is 5.91. The first-order chi connectivity index (χ1) is 12.4. The van der Waals surface area contributed by atoms with Crippen LogP contribution in [-0.4, -0.2) is 42.3 Å². The molecule has 2 aromatic rings. The summed E-state index contributed by atoms with van der Waals surface area (Å²) in [6.07, 6.45) is 6.83. The first kappa shape index (κ1) is 16.1. The molecule has 132 valence electrons. The number of benzene rings is 1. The molecule has 0 radical (unpaired) electrons. The summed E-state index contributed by atoms with van der Waals surface area (Å²) in [6, 6.07) is 8.41. The lowest BCUT2D eigenvalue weighted by Gasteiger charge is -2.33. The molecule has 2 aliphatic rings. The van der Waals surface area contributed by atoms with E-state index in [9.17, 15) is 0 Å². The third-order valence-electron chi connectivity index (χ3n) is 4.69. The van der Waals surface area contributed by atoms with Crippen molar-refractivity contribution in [2.45, 2.75) is 31.8 Å². The van der Waals surface area contributed by atoms with Crippen LogP contribution in [0.4, 0.5) is 5.95 Å². The van der Waals surface area contributed by atoms with E-state index in [1.807, 2.05) is 18.2 Å². The van der Waals surface area contributed by atoms with Crippen molar-refractivity contribution in [1.82, 2.24) is 15.3 Å². The molecule has 1 unspecified atom stereocenters. The zero-order valence-electron chi connectivity index (χ0n) is 14.4. The fourth-order valence-corrected chi connectivity index (χ4v) is 3.43. The Bertz CT molecular complexity index is 695. The maximum Gasteiger partial charge on any atom is 0.225 e. The van der Waals surface area contributed by atoms with E-state index in [1.165, 1.54) is 0 Å². The number of aromatic nitrogens is 2. The largest absolute Gasteiger partial charge is 0.490 e. The Kier molecular flexibility index (Phi) is 4.97. The zero-order chi connectivity index (χ0) is 16.9. The van der Waals surface area contributed by atoms with E-state index in [2.05, 4.69) is 26.3 Å². The van der Waals surface area contributed by atoms with Crippen LogP contribution in [0.25, 0.3) is 0 Å². The van der Waals surface area contributed by atoms with Gasteiger partial charge in [0.25, 0.3) is 0 Å². The minimum atomic E-state index is 0.417. The van der Waals surface area contributed by atoms with Crippen LogP contribution >= 0.6 is 0 Å². The predicted molar refractivity (Wildman–Crippen MR) is 96.2 cm³/mol. The Morgan fingerprint density at radius 2 is 1.96 bits per heavy atom. The third-order valence-corrected chi connectivity index (χ3v) is 4.69. The van der Waals surface area contributed by atoms with Crippen LogP contribution in [0.1, 0.15) is 24.8 Å². The molecule has 3 heterocycles. The number of anilines is 1. The number of hydrogen-bond acceptors (Lipinski definition) is 6. The zero-order valence-corrected chi connectivity index (χ0v) is 14.4. The topological polar surface area (TPSA) is 59.5 Å². The van der Waals surface area contributed by atoms with Crippen LogP contribution in [0.2, 0.25) is 0 Å². The highest BCUT2D eigenvalue weighted by atomic mass is 16.5. The molecule has 1 N–H and O–H groups in total. The Balaban J connectivity index is 1.40. The van der Waals surface area contributed by atoms with E-state index in [-0.39, 0.29) is 0 Å². The molecule has 0 saturated carbocycles. The normalized spacial score (nSPS) is 20.2. The monoisotopic (exact) mass is 340 g/mol. The molecule has 0 aliphatic carbocycles. The van der Waals surface area contributed by atoms with Crippen molar-refractivity contribution in [2.24, 2.45) is 0 Å². The Hall–Kier alpha value is -2.34. The van der Waals surface area contributed by atoms with Gasteiger partial charge in [-0.1, -0.05) is 12.1 Å². The first-order valence-corrected chi connectivity index (χ1v) is 9.03. The van der Waals surface area contributed by atoms with Crippen molar-refractivity contribution < 1.29 is 9.47 Å². The van der Waals surface area contributed by atoms with Crippen LogP contribution in [0, 0.1) is 0 Å². The molecular formula is C19H24N4O2. The Labute approximate surface area is 148 Å². The van der Waals surface area contributed by atoms with E-state index in [1.54, 1.807) is 12.4 Å². The summed E-state index contributed by atoms with van der Waals surface area (Å²) in [5.41, 5.74) is 1.16. The molecule has 0 bridgehead atoms. The van der Waals surface area contributed by atoms with Gasteiger partial charge >= 0.3 is 0 Å². The number of fused-ring (bicyclic) bond motifs is 1. The van der Waals surface area contributed by atoms with E-state index in [0.29, 0.717) is 12.6 Å². The van der Waals surface area contributed by atoms with Gasteiger partial charge in [0, 0.05) is 50.1 Å².